The number of hydrogen-bond acceptors (Lipinski definition) is 4. The Kier molecular flexibility index (Phi) is 3.07. The van der Waals surface area contributed by atoms with Crippen LogP contribution in [0.15, 0.2) is 17.0 Å². The number of carboxylic acids is 1. The van der Waals surface area contributed by atoms with Crippen molar-refractivity contribution in [3.05, 3.63) is 23.3 Å². The van der Waals surface area contributed by atoms with Crippen LogP contribution >= 0.6 is 11.8 Å². The minimum Gasteiger partial charge on any atom is -0.478 e. The van der Waals surface area contributed by atoms with Gasteiger partial charge in [-0.25, -0.2) is 4.79 Å². The van der Waals surface area contributed by atoms with Gasteiger partial charge < -0.3 is 15.6 Å². The molecular weight excluding hydrogens is 226 g/mol. The molecule has 16 heavy (non-hydrogen) atoms. The van der Waals surface area contributed by atoms with E-state index in [0.717, 1.165) is 23.7 Å². The molecule has 86 valence electrons. The van der Waals surface area contributed by atoms with Crippen LogP contribution in [0.25, 0.3) is 0 Å². The third kappa shape index (κ3) is 2.15. The highest BCUT2D eigenvalue weighted by Gasteiger charge is 2.21. The molecule has 0 radical (unpaired) electrons. The fourth-order valence-electron chi connectivity index (χ4n) is 1.48. The molecule has 1 aliphatic heterocycles. The van der Waals surface area contributed by atoms with Crippen molar-refractivity contribution in [1.82, 2.24) is 0 Å². The van der Waals surface area contributed by atoms with Gasteiger partial charge in [-0.3, -0.25) is 0 Å². The minimum atomic E-state index is -0.979. The van der Waals surface area contributed by atoms with Crippen molar-refractivity contribution in [3.63, 3.8) is 0 Å². The molecule has 0 unspecified atom stereocenters. The molecule has 0 atom stereocenters. The van der Waals surface area contributed by atoms with E-state index >= 15 is 0 Å². The van der Waals surface area contributed by atoms with E-state index in [0.29, 0.717) is 10.9 Å². The highest BCUT2D eigenvalue weighted by atomic mass is 32.2. The van der Waals surface area contributed by atoms with Gasteiger partial charge in [0.05, 0.1) is 24.0 Å². The number of nitrogen functional groups attached to an aromatic ring is 1. The lowest BCUT2D eigenvalue weighted by atomic mass is 10.1. The summed E-state index contributed by atoms with van der Waals surface area (Å²) in [6.07, 6.45) is 0. The number of hydrogen-bond donors (Lipinski definition) is 2. The molecule has 1 aromatic carbocycles. The van der Waals surface area contributed by atoms with Gasteiger partial charge in [0.25, 0.3) is 0 Å². The predicted molar refractivity (Wildman–Crippen MR) is 63.0 cm³/mol. The molecule has 1 saturated heterocycles. The summed E-state index contributed by atoms with van der Waals surface area (Å²) in [5, 5.41) is 9.44. The third-order valence-corrected chi connectivity index (χ3v) is 3.61. The van der Waals surface area contributed by atoms with Crippen molar-refractivity contribution >= 4 is 23.4 Å². The first kappa shape index (κ1) is 11.3. The number of aryl methyl sites for hydroxylation is 1. The van der Waals surface area contributed by atoms with E-state index in [4.69, 9.17) is 15.6 Å². The average Bonchev–Trinajstić information content (AvgIpc) is 2.16. The van der Waals surface area contributed by atoms with Gasteiger partial charge in [0.2, 0.25) is 0 Å². The van der Waals surface area contributed by atoms with Crippen molar-refractivity contribution in [1.29, 1.82) is 0 Å². The molecule has 4 nitrogen and oxygen atoms in total. The Labute approximate surface area is 97.8 Å². The zero-order valence-corrected chi connectivity index (χ0v) is 9.71. The summed E-state index contributed by atoms with van der Waals surface area (Å²) >= 11 is 1.64. The normalized spacial score (nSPS) is 15.8. The van der Waals surface area contributed by atoms with E-state index in [1.165, 1.54) is 0 Å². The van der Waals surface area contributed by atoms with Crippen molar-refractivity contribution in [2.24, 2.45) is 0 Å². The summed E-state index contributed by atoms with van der Waals surface area (Å²) in [5.74, 6) is -0.979. The van der Waals surface area contributed by atoms with Crippen LogP contribution in [0.1, 0.15) is 15.9 Å². The number of benzene rings is 1. The largest absolute Gasteiger partial charge is 0.478 e. The third-order valence-electron chi connectivity index (χ3n) is 2.50. The van der Waals surface area contributed by atoms with Crippen LogP contribution in [0.5, 0.6) is 0 Å². The Morgan fingerprint density at radius 1 is 1.56 bits per heavy atom. The van der Waals surface area contributed by atoms with Crippen molar-refractivity contribution in [2.75, 3.05) is 18.9 Å². The van der Waals surface area contributed by atoms with Gasteiger partial charge in [0, 0.05) is 10.6 Å². The van der Waals surface area contributed by atoms with Gasteiger partial charge in [-0.1, -0.05) is 0 Å². The summed E-state index contributed by atoms with van der Waals surface area (Å²) in [5.41, 5.74) is 7.05. The van der Waals surface area contributed by atoms with Crippen LogP contribution in [-0.2, 0) is 4.74 Å². The van der Waals surface area contributed by atoms with E-state index in [-0.39, 0.29) is 5.56 Å². The first-order chi connectivity index (χ1) is 7.58. The number of aromatic carboxylic acids is 1. The molecule has 0 aromatic heterocycles. The van der Waals surface area contributed by atoms with Gasteiger partial charge >= 0.3 is 5.97 Å². The van der Waals surface area contributed by atoms with E-state index in [9.17, 15) is 4.79 Å². The zero-order valence-electron chi connectivity index (χ0n) is 8.90. The smallest absolute Gasteiger partial charge is 0.337 e. The quantitative estimate of drug-likeness (QED) is 0.786. The van der Waals surface area contributed by atoms with Gasteiger partial charge in [-0.15, -0.1) is 11.8 Å². The topological polar surface area (TPSA) is 72.5 Å². The number of nitrogens with two attached hydrogens (primary N) is 1. The number of carbonyl (C=O) groups is 1. The molecule has 2 rings (SSSR count). The molecular formula is C11H13NO3S. The lowest BCUT2D eigenvalue weighted by Crippen LogP contribution is -2.30. The lowest BCUT2D eigenvalue weighted by Gasteiger charge is -2.25. The highest BCUT2D eigenvalue weighted by Crippen LogP contribution is 2.31. The van der Waals surface area contributed by atoms with Gasteiger partial charge in [0.15, 0.2) is 0 Å². The fraction of sp³-hybridized carbons (Fsp3) is 0.364. The maximum absolute atomic E-state index is 11.0. The first-order valence-corrected chi connectivity index (χ1v) is 5.83. The molecule has 0 spiro atoms. The molecule has 3 N–H and O–H groups in total. The van der Waals surface area contributed by atoms with Gasteiger partial charge in [0.1, 0.15) is 0 Å². The molecule has 0 bridgehead atoms. The van der Waals surface area contributed by atoms with Crippen LogP contribution < -0.4 is 5.73 Å². The number of carboxylic acid groups (broad SMARTS) is 1. The van der Waals surface area contributed by atoms with Crippen LogP contribution in [0, 0.1) is 6.92 Å². The average molecular weight is 239 g/mol. The summed E-state index contributed by atoms with van der Waals surface area (Å²) in [4.78, 5) is 11.9. The number of thioether (sulfide) groups is 1. The second kappa shape index (κ2) is 4.35. The molecule has 0 amide bonds. The number of ether oxygens (including phenoxy) is 1. The van der Waals surface area contributed by atoms with Crippen molar-refractivity contribution in [3.8, 4) is 0 Å². The molecule has 5 heteroatoms. The second-order valence-corrected chi connectivity index (χ2v) is 5.16. The van der Waals surface area contributed by atoms with E-state index in [1.54, 1.807) is 17.8 Å². The molecule has 1 aromatic rings. The maximum Gasteiger partial charge on any atom is 0.337 e. The van der Waals surface area contributed by atoms with Crippen LogP contribution in [0.3, 0.4) is 0 Å². The van der Waals surface area contributed by atoms with Crippen molar-refractivity contribution in [2.45, 2.75) is 17.1 Å². The van der Waals surface area contributed by atoms with Crippen LogP contribution in [-0.4, -0.2) is 29.5 Å². The molecule has 0 aliphatic carbocycles. The van der Waals surface area contributed by atoms with E-state index in [2.05, 4.69) is 0 Å². The second-order valence-electron chi connectivity index (χ2n) is 3.78. The zero-order chi connectivity index (χ0) is 11.7. The molecule has 1 heterocycles. The molecule has 1 aliphatic rings. The number of rotatable bonds is 3. The molecule has 1 fully saturated rings. The minimum absolute atomic E-state index is 0.183. The van der Waals surface area contributed by atoms with E-state index < -0.39 is 5.97 Å². The van der Waals surface area contributed by atoms with Crippen LogP contribution in [0.4, 0.5) is 5.69 Å². The highest BCUT2D eigenvalue weighted by molar-refractivity contribution is 8.00. The van der Waals surface area contributed by atoms with Gasteiger partial charge in [-0.05, 0) is 24.6 Å². The Morgan fingerprint density at radius 2 is 2.25 bits per heavy atom. The Balaban J connectivity index is 2.28. The summed E-state index contributed by atoms with van der Waals surface area (Å²) in [6, 6.07) is 3.55. The van der Waals surface area contributed by atoms with Crippen LogP contribution in [0.2, 0.25) is 0 Å². The standard InChI is InChI=1S/C11H13NO3S/c1-6-2-7(16-8-4-15-5-8)3-9(10(6)12)11(13)14/h2-3,8H,4-5,12H2,1H3,(H,13,14). The predicted octanol–water partition coefficient (Wildman–Crippen LogP) is 1.77. The summed E-state index contributed by atoms with van der Waals surface area (Å²) in [7, 11) is 0. The Bertz CT molecular complexity index is 429. The summed E-state index contributed by atoms with van der Waals surface area (Å²) in [6.45, 7) is 3.29. The fourth-order valence-corrected chi connectivity index (χ4v) is 2.63. The lowest BCUT2D eigenvalue weighted by molar-refractivity contribution is 0.0455. The summed E-state index contributed by atoms with van der Waals surface area (Å²) < 4.78 is 5.08. The van der Waals surface area contributed by atoms with Gasteiger partial charge in [-0.2, -0.15) is 0 Å². The monoisotopic (exact) mass is 239 g/mol. The molecule has 0 saturated carbocycles. The SMILES string of the molecule is Cc1cc(SC2COC2)cc(C(=O)O)c1N. The maximum atomic E-state index is 11.0. The van der Waals surface area contributed by atoms with Crippen molar-refractivity contribution < 1.29 is 14.6 Å². The first-order valence-electron chi connectivity index (χ1n) is 4.95. The number of anilines is 1. The Hall–Kier alpha value is -1.20. The van der Waals surface area contributed by atoms with E-state index in [1.807, 2.05) is 13.0 Å². The Morgan fingerprint density at radius 3 is 2.75 bits per heavy atom.